The van der Waals surface area contributed by atoms with Gasteiger partial charge in [-0.3, -0.25) is 9.59 Å². The highest BCUT2D eigenvalue weighted by Crippen LogP contribution is 2.39. The number of rotatable bonds is 8. The number of benzene rings is 1. The second-order valence-corrected chi connectivity index (χ2v) is 8.13. The molecule has 33 heavy (non-hydrogen) atoms. The van der Waals surface area contributed by atoms with E-state index in [1.807, 2.05) is 24.3 Å². The topological polar surface area (TPSA) is 105 Å². The van der Waals surface area contributed by atoms with Gasteiger partial charge in [-0.1, -0.05) is 44.4 Å². The molecule has 0 bridgehead atoms. The highest BCUT2D eigenvalue weighted by Gasteiger charge is 2.23. The van der Waals surface area contributed by atoms with Crippen molar-refractivity contribution < 1.29 is 19.1 Å². The number of aliphatic carboxylic acids is 1. The van der Waals surface area contributed by atoms with E-state index in [2.05, 4.69) is 23.0 Å². The van der Waals surface area contributed by atoms with E-state index in [1.54, 1.807) is 7.11 Å². The highest BCUT2D eigenvalue weighted by atomic mass is 16.5. The first-order valence-electron chi connectivity index (χ1n) is 11.6. The first-order valence-corrected chi connectivity index (χ1v) is 11.6. The van der Waals surface area contributed by atoms with E-state index in [0.29, 0.717) is 17.5 Å². The number of nitrogens with one attached hydrogen (secondary N) is 1. The van der Waals surface area contributed by atoms with Crippen molar-refractivity contribution in [1.29, 1.82) is 0 Å². The van der Waals surface area contributed by atoms with Crippen LogP contribution >= 0.6 is 0 Å². The lowest BCUT2D eigenvalue weighted by molar-refractivity contribution is -0.137. The molecule has 2 heterocycles. The van der Waals surface area contributed by atoms with Gasteiger partial charge in [0.2, 0.25) is 5.71 Å². The van der Waals surface area contributed by atoms with Gasteiger partial charge >= 0.3 is 5.97 Å². The second-order valence-electron chi connectivity index (χ2n) is 8.13. The maximum absolute atomic E-state index is 12.4. The largest absolute Gasteiger partial charge is 0.497 e. The average molecular weight is 453 g/mol. The van der Waals surface area contributed by atoms with E-state index in [0.717, 1.165) is 66.7 Å². The first-order chi connectivity index (χ1) is 16.0. The van der Waals surface area contributed by atoms with Crippen molar-refractivity contribution in [2.45, 2.75) is 64.7 Å². The minimum absolute atomic E-state index is 0.183. The lowest BCUT2D eigenvalue weighted by Crippen LogP contribution is -2.05. The fraction of sp³-hybridized carbons (Fsp3) is 0.423. The quantitative estimate of drug-likeness (QED) is 0.395. The number of H-pyrrole nitrogens is 1. The number of allylic oxidation sites excluding steroid dienone is 2. The van der Waals surface area contributed by atoms with Gasteiger partial charge in [0.25, 0.3) is 5.56 Å². The number of hydrogen-bond donors (Lipinski definition) is 2. The molecular weight excluding hydrogens is 420 g/mol. The lowest BCUT2D eigenvalue weighted by atomic mass is 9.93. The zero-order chi connectivity index (χ0) is 23.6. The highest BCUT2D eigenvalue weighted by molar-refractivity contribution is 5.98. The molecule has 0 aliphatic heterocycles. The van der Waals surface area contributed by atoms with Crippen LogP contribution in [0.15, 0.2) is 45.9 Å². The van der Waals surface area contributed by atoms with Crippen molar-refractivity contribution in [1.82, 2.24) is 9.97 Å². The number of carboxylic acids is 1. The molecule has 0 spiro atoms. The number of hydrogen-bond acceptors (Lipinski definition) is 5. The summed E-state index contributed by atoms with van der Waals surface area (Å²) in [4.78, 5) is 29.2. The number of furan rings is 1. The monoisotopic (exact) mass is 452 g/mol. The molecule has 0 unspecified atom stereocenters. The molecule has 1 aliphatic rings. The molecule has 0 amide bonds. The molecule has 7 nitrogen and oxygen atoms in total. The van der Waals surface area contributed by atoms with Crippen LogP contribution in [-0.4, -0.2) is 28.2 Å². The number of fused-ring (bicyclic) bond motifs is 1. The Kier molecular flexibility index (Phi) is 8.87. The number of carboxylic acid groups (broad SMARTS) is 1. The van der Waals surface area contributed by atoms with Gasteiger partial charge in [-0.05, 0) is 55.4 Å². The zero-order valence-corrected chi connectivity index (χ0v) is 19.4. The SMILES string of the molecule is CCCCCCC(=O)O.COc1ccc(-c2c(C3=CCCCC3)oc3nc[nH]c(=O)c23)cc1. The number of aromatic nitrogens is 2. The van der Waals surface area contributed by atoms with Crippen molar-refractivity contribution in [3.63, 3.8) is 0 Å². The van der Waals surface area contributed by atoms with Gasteiger partial charge in [-0.25, -0.2) is 4.98 Å². The summed E-state index contributed by atoms with van der Waals surface area (Å²) in [7, 11) is 1.63. The van der Waals surface area contributed by atoms with Crippen LogP contribution in [0.4, 0.5) is 0 Å². The molecule has 0 saturated carbocycles. The third-order valence-electron chi connectivity index (χ3n) is 5.70. The van der Waals surface area contributed by atoms with Gasteiger partial charge in [0.1, 0.15) is 16.9 Å². The number of ether oxygens (including phenoxy) is 1. The molecule has 2 N–H and O–H groups in total. The molecular formula is C26H32N2O5. The van der Waals surface area contributed by atoms with Crippen molar-refractivity contribution >= 4 is 22.6 Å². The summed E-state index contributed by atoms with van der Waals surface area (Å²) in [5.41, 5.74) is 3.09. The van der Waals surface area contributed by atoms with Crippen molar-refractivity contribution in [3.05, 3.63) is 52.8 Å². The summed E-state index contributed by atoms with van der Waals surface area (Å²) in [5.74, 6) is 0.863. The van der Waals surface area contributed by atoms with Gasteiger partial charge in [0, 0.05) is 12.0 Å². The van der Waals surface area contributed by atoms with Crippen LogP contribution in [0.1, 0.15) is 70.5 Å². The lowest BCUT2D eigenvalue weighted by Gasteiger charge is -2.12. The van der Waals surface area contributed by atoms with E-state index in [1.165, 1.54) is 19.2 Å². The van der Waals surface area contributed by atoms with Crippen molar-refractivity contribution in [2.75, 3.05) is 7.11 Å². The van der Waals surface area contributed by atoms with Gasteiger partial charge < -0.3 is 19.2 Å². The summed E-state index contributed by atoms with van der Waals surface area (Å²) in [6.07, 6.45) is 12.5. The molecule has 0 fully saturated rings. The number of carbonyl (C=O) groups is 1. The number of unbranched alkanes of at least 4 members (excludes halogenated alkanes) is 3. The van der Waals surface area contributed by atoms with Crippen LogP contribution in [0.25, 0.3) is 27.8 Å². The molecule has 2 aromatic heterocycles. The van der Waals surface area contributed by atoms with E-state index in [-0.39, 0.29) is 5.56 Å². The van der Waals surface area contributed by atoms with Crippen LogP contribution in [0, 0.1) is 0 Å². The summed E-state index contributed by atoms with van der Waals surface area (Å²) < 4.78 is 11.2. The Labute approximate surface area is 193 Å². The number of nitrogens with zero attached hydrogens (tertiary/aromatic N) is 1. The standard InChI is InChI=1S/C19H18N2O3.C7H14O2/c1-23-14-9-7-12(8-10-14)15-16-18(22)20-11-21-19(16)24-17(15)13-5-3-2-4-6-13;1-2-3-4-5-6-7(8)9/h5,7-11H,2-4,6H2,1H3,(H,20,21,22);2-6H2,1H3,(H,8,9). The Morgan fingerprint density at radius 3 is 2.61 bits per heavy atom. The Balaban J connectivity index is 0.000000292. The van der Waals surface area contributed by atoms with Gasteiger partial charge in [-0.2, -0.15) is 0 Å². The van der Waals surface area contributed by atoms with E-state index in [9.17, 15) is 9.59 Å². The molecule has 1 aromatic carbocycles. The maximum Gasteiger partial charge on any atom is 0.303 e. The minimum atomic E-state index is -0.675. The number of methoxy groups -OCH3 is 1. The van der Waals surface area contributed by atoms with E-state index >= 15 is 0 Å². The Bertz CT molecular complexity index is 1140. The zero-order valence-electron chi connectivity index (χ0n) is 19.4. The molecule has 0 atom stereocenters. The predicted octanol–water partition coefficient (Wildman–Crippen LogP) is 6.19. The maximum atomic E-state index is 12.4. The van der Waals surface area contributed by atoms with Crippen LogP contribution < -0.4 is 10.3 Å². The summed E-state index contributed by atoms with van der Waals surface area (Å²) >= 11 is 0. The molecule has 3 aromatic rings. The minimum Gasteiger partial charge on any atom is -0.497 e. The second kappa shape index (κ2) is 12.0. The summed E-state index contributed by atoms with van der Waals surface area (Å²) in [6, 6.07) is 7.67. The van der Waals surface area contributed by atoms with Gasteiger partial charge in [0.05, 0.1) is 13.4 Å². The van der Waals surface area contributed by atoms with E-state index < -0.39 is 5.97 Å². The molecule has 0 saturated heterocycles. The molecule has 1 aliphatic carbocycles. The van der Waals surface area contributed by atoms with Crippen LogP contribution in [0.3, 0.4) is 0 Å². The van der Waals surface area contributed by atoms with Crippen molar-refractivity contribution in [2.24, 2.45) is 0 Å². The third kappa shape index (κ3) is 6.34. The average Bonchev–Trinajstić information content (AvgIpc) is 3.24. The Morgan fingerprint density at radius 2 is 1.97 bits per heavy atom. The molecule has 0 radical (unpaired) electrons. The predicted molar refractivity (Wildman–Crippen MR) is 129 cm³/mol. The first kappa shape index (κ1) is 24.3. The van der Waals surface area contributed by atoms with Gasteiger partial charge in [0.15, 0.2) is 0 Å². The normalized spacial score (nSPS) is 13.2. The Hall–Kier alpha value is -3.35. The van der Waals surface area contributed by atoms with Crippen molar-refractivity contribution in [3.8, 4) is 16.9 Å². The van der Waals surface area contributed by atoms with Crippen LogP contribution in [0.2, 0.25) is 0 Å². The van der Waals surface area contributed by atoms with Gasteiger partial charge in [-0.15, -0.1) is 0 Å². The molecule has 4 rings (SSSR count). The fourth-order valence-corrected chi connectivity index (χ4v) is 3.95. The van der Waals surface area contributed by atoms with Crippen LogP contribution in [0.5, 0.6) is 5.75 Å². The Morgan fingerprint density at radius 1 is 1.18 bits per heavy atom. The van der Waals surface area contributed by atoms with Crippen LogP contribution in [-0.2, 0) is 4.79 Å². The number of aromatic amines is 1. The fourth-order valence-electron chi connectivity index (χ4n) is 3.95. The summed E-state index contributed by atoms with van der Waals surface area (Å²) in [5, 5.41) is 8.72. The summed E-state index contributed by atoms with van der Waals surface area (Å²) in [6.45, 7) is 2.11. The molecule has 176 valence electrons. The third-order valence-corrected chi connectivity index (χ3v) is 5.70. The van der Waals surface area contributed by atoms with E-state index in [4.69, 9.17) is 14.3 Å². The molecule has 7 heteroatoms. The smallest absolute Gasteiger partial charge is 0.303 e.